The monoisotopic (exact) mass is 416 g/mol. The fourth-order valence-electron chi connectivity index (χ4n) is 3.40. The smallest absolute Gasteiger partial charge is 0.406 e. The van der Waals surface area contributed by atoms with E-state index in [1.54, 1.807) is 18.2 Å². The molecule has 0 amide bonds. The van der Waals surface area contributed by atoms with Crippen molar-refractivity contribution < 1.29 is 22.3 Å². The third-order valence-corrected chi connectivity index (χ3v) is 4.97. The van der Waals surface area contributed by atoms with Crippen LogP contribution in [0.4, 0.5) is 17.6 Å². The molecule has 0 heterocycles. The van der Waals surface area contributed by atoms with E-state index in [1.165, 1.54) is 25.0 Å². The van der Waals surface area contributed by atoms with Gasteiger partial charge in [-0.2, -0.15) is 0 Å². The quantitative estimate of drug-likeness (QED) is 0.266. The summed E-state index contributed by atoms with van der Waals surface area (Å²) >= 11 is 0. The van der Waals surface area contributed by atoms with Gasteiger partial charge in [0, 0.05) is 5.56 Å². The molecule has 30 heavy (non-hydrogen) atoms. The van der Waals surface area contributed by atoms with Crippen LogP contribution in [0.2, 0.25) is 0 Å². The van der Waals surface area contributed by atoms with Crippen LogP contribution in [-0.2, 0) is 6.42 Å². The van der Waals surface area contributed by atoms with Gasteiger partial charge in [0.15, 0.2) is 0 Å². The van der Waals surface area contributed by atoms with Gasteiger partial charge in [0.25, 0.3) is 0 Å². The molecule has 0 aliphatic heterocycles. The van der Waals surface area contributed by atoms with Crippen LogP contribution in [0.15, 0.2) is 66.7 Å². The molecule has 0 aromatic heterocycles. The minimum Gasteiger partial charge on any atom is -0.406 e. The first-order chi connectivity index (χ1) is 14.4. The Bertz CT molecular complexity index is 944. The average molecular weight is 416 g/mol. The van der Waals surface area contributed by atoms with E-state index in [9.17, 15) is 17.6 Å². The van der Waals surface area contributed by atoms with Crippen molar-refractivity contribution in [3.8, 4) is 28.0 Å². The number of benzene rings is 3. The lowest BCUT2D eigenvalue weighted by Gasteiger charge is -2.10. The minimum absolute atomic E-state index is 0.246. The second-order valence-corrected chi connectivity index (χ2v) is 7.27. The van der Waals surface area contributed by atoms with Crippen LogP contribution in [0.5, 0.6) is 5.75 Å². The molecule has 0 spiro atoms. The first-order valence-corrected chi connectivity index (χ1v) is 10.1. The van der Waals surface area contributed by atoms with Crippen molar-refractivity contribution in [1.82, 2.24) is 0 Å². The van der Waals surface area contributed by atoms with Crippen molar-refractivity contribution in [1.29, 1.82) is 0 Å². The normalized spacial score (nSPS) is 11.5. The second kappa shape index (κ2) is 9.79. The number of unbranched alkanes of at least 4 members (excludes halogenated alkanes) is 3. The number of rotatable bonds is 8. The van der Waals surface area contributed by atoms with Crippen molar-refractivity contribution in [2.75, 3.05) is 0 Å². The molecule has 0 aliphatic carbocycles. The Labute approximate surface area is 174 Å². The Kier molecular flexibility index (Phi) is 7.14. The van der Waals surface area contributed by atoms with Crippen LogP contribution in [-0.4, -0.2) is 6.36 Å². The summed E-state index contributed by atoms with van der Waals surface area (Å²) in [6, 6.07) is 18.3. The fraction of sp³-hybridized carbons (Fsp3) is 0.280. The zero-order chi connectivity index (χ0) is 21.6. The lowest BCUT2D eigenvalue weighted by molar-refractivity contribution is -0.274. The maximum absolute atomic E-state index is 14.6. The van der Waals surface area contributed by atoms with Crippen LogP contribution >= 0.6 is 0 Å². The molecule has 0 atom stereocenters. The lowest BCUT2D eigenvalue weighted by atomic mass is 9.98. The largest absolute Gasteiger partial charge is 0.573 e. The third kappa shape index (κ3) is 6.09. The molecule has 0 saturated carbocycles. The van der Waals surface area contributed by atoms with Gasteiger partial charge in [-0.1, -0.05) is 74.7 Å². The number of hydrogen-bond acceptors (Lipinski definition) is 1. The van der Waals surface area contributed by atoms with Gasteiger partial charge in [0.05, 0.1) is 0 Å². The minimum atomic E-state index is -4.71. The van der Waals surface area contributed by atoms with E-state index in [4.69, 9.17) is 0 Å². The molecule has 1 nitrogen and oxygen atoms in total. The summed E-state index contributed by atoms with van der Waals surface area (Å²) in [7, 11) is 0. The van der Waals surface area contributed by atoms with Gasteiger partial charge >= 0.3 is 6.36 Å². The van der Waals surface area contributed by atoms with Crippen LogP contribution < -0.4 is 4.74 Å². The molecule has 0 radical (unpaired) electrons. The summed E-state index contributed by atoms with van der Waals surface area (Å²) in [6.07, 6.45) is 0.765. The standard InChI is InChI=1S/C25H24F4O/c1-2-3-4-5-6-18-7-16-23(24(26)17-18)21-10-8-19(9-11-21)20-12-14-22(15-13-20)30-25(27,28)29/h7-17H,2-6H2,1H3. The molecule has 3 aromatic rings. The zero-order valence-electron chi connectivity index (χ0n) is 16.8. The number of halogens is 4. The van der Waals surface area contributed by atoms with Crippen molar-refractivity contribution in [3.63, 3.8) is 0 Å². The summed E-state index contributed by atoms with van der Waals surface area (Å²) in [4.78, 5) is 0. The topological polar surface area (TPSA) is 9.23 Å². The molecule has 0 bridgehead atoms. The van der Waals surface area contributed by atoms with Gasteiger partial charge < -0.3 is 4.74 Å². The lowest BCUT2D eigenvalue weighted by Crippen LogP contribution is -2.16. The number of alkyl halides is 3. The van der Waals surface area contributed by atoms with Crippen molar-refractivity contribution in [3.05, 3.63) is 78.1 Å². The maximum atomic E-state index is 14.6. The van der Waals surface area contributed by atoms with Gasteiger partial charge in [0.2, 0.25) is 0 Å². The number of hydrogen-bond donors (Lipinski definition) is 0. The Morgan fingerprint density at radius 2 is 1.33 bits per heavy atom. The van der Waals surface area contributed by atoms with Crippen LogP contribution in [0.25, 0.3) is 22.3 Å². The van der Waals surface area contributed by atoms with Gasteiger partial charge in [-0.3, -0.25) is 0 Å². The van der Waals surface area contributed by atoms with E-state index < -0.39 is 6.36 Å². The summed E-state index contributed by atoms with van der Waals surface area (Å²) < 4.78 is 55.3. The molecule has 0 fully saturated rings. The van der Waals surface area contributed by atoms with Crippen LogP contribution in [0, 0.1) is 5.82 Å². The molecular formula is C25H24F4O. The predicted molar refractivity (Wildman–Crippen MR) is 112 cm³/mol. The summed E-state index contributed by atoms with van der Waals surface area (Å²) in [5, 5.41) is 0. The zero-order valence-corrected chi connectivity index (χ0v) is 16.8. The molecule has 3 rings (SSSR count). The summed E-state index contributed by atoms with van der Waals surface area (Å²) in [5.41, 5.74) is 3.87. The molecule has 0 N–H and O–H groups in total. The van der Waals surface area contributed by atoms with Crippen molar-refractivity contribution in [2.45, 2.75) is 45.4 Å². The highest BCUT2D eigenvalue weighted by molar-refractivity contribution is 5.71. The van der Waals surface area contributed by atoms with Crippen LogP contribution in [0.1, 0.15) is 38.2 Å². The molecule has 158 valence electrons. The molecule has 0 unspecified atom stereocenters. The highest BCUT2D eigenvalue weighted by atomic mass is 19.4. The molecule has 5 heteroatoms. The van der Waals surface area contributed by atoms with Gasteiger partial charge in [-0.05, 0) is 53.3 Å². The predicted octanol–water partition coefficient (Wildman–Crippen LogP) is 8.18. The average Bonchev–Trinajstić information content (AvgIpc) is 2.71. The molecule has 0 aliphatic rings. The van der Waals surface area contributed by atoms with E-state index in [-0.39, 0.29) is 11.6 Å². The summed E-state index contributed by atoms with van der Waals surface area (Å²) in [6.45, 7) is 2.16. The third-order valence-electron chi connectivity index (χ3n) is 4.97. The Morgan fingerprint density at radius 3 is 1.90 bits per heavy atom. The Hall–Kier alpha value is -2.82. The highest BCUT2D eigenvalue weighted by Gasteiger charge is 2.30. The number of aryl methyl sites for hydroxylation is 1. The summed E-state index contributed by atoms with van der Waals surface area (Å²) in [5.74, 6) is -0.510. The van der Waals surface area contributed by atoms with Crippen LogP contribution in [0.3, 0.4) is 0 Å². The van der Waals surface area contributed by atoms with E-state index in [1.807, 2.05) is 36.4 Å². The molecule has 0 saturated heterocycles. The second-order valence-electron chi connectivity index (χ2n) is 7.27. The Morgan fingerprint density at radius 1 is 0.733 bits per heavy atom. The first kappa shape index (κ1) is 21.9. The fourth-order valence-corrected chi connectivity index (χ4v) is 3.40. The maximum Gasteiger partial charge on any atom is 0.573 e. The van der Waals surface area contributed by atoms with Crippen molar-refractivity contribution >= 4 is 0 Å². The van der Waals surface area contributed by atoms with Gasteiger partial charge in [-0.25, -0.2) is 4.39 Å². The van der Waals surface area contributed by atoms with E-state index in [0.29, 0.717) is 5.56 Å². The highest BCUT2D eigenvalue weighted by Crippen LogP contribution is 2.29. The van der Waals surface area contributed by atoms with E-state index in [2.05, 4.69) is 11.7 Å². The van der Waals surface area contributed by atoms with Crippen molar-refractivity contribution in [2.24, 2.45) is 0 Å². The van der Waals surface area contributed by atoms with Gasteiger partial charge in [0.1, 0.15) is 11.6 Å². The van der Waals surface area contributed by atoms with E-state index in [0.717, 1.165) is 41.5 Å². The number of ether oxygens (including phenoxy) is 1. The van der Waals surface area contributed by atoms with E-state index >= 15 is 0 Å². The first-order valence-electron chi connectivity index (χ1n) is 10.1. The molecular weight excluding hydrogens is 392 g/mol. The SMILES string of the molecule is CCCCCCc1ccc(-c2ccc(-c3ccc(OC(F)(F)F)cc3)cc2)c(F)c1. The Balaban J connectivity index is 1.69. The van der Waals surface area contributed by atoms with Gasteiger partial charge in [-0.15, -0.1) is 13.2 Å². The molecule has 3 aromatic carbocycles.